The van der Waals surface area contributed by atoms with E-state index in [1.807, 2.05) is 19.2 Å². The number of carbonyl (C=O) groups is 2. The second-order valence-electron chi connectivity index (χ2n) is 35.5. The van der Waals surface area contributed by atoms with Gasteiger partial charge in [-0.05, 0) is 289 Å². The molecule has 10 heteroatoms. The summed E-state index contributed by atoms with van der Waals surface area (Å²) in [4.78, 5) is 30.8. The lowest BCUT2D eigenvalue weighted by molar-refractivity contribution is -0.395. The monoisotopic (exact) mass is 1280 g/mol. The standard InChI is InChI=1S/C85H101NO9/c1-48-57-16-15-54(32-57)30-50-8-4-10-53(29-50)34-65-39-64-36-62-35-60-18-19-69(62)82(64)46-81(47-88)73-23-26-80-45-79(24-21-55(42-79)31-51-9-3-7-49(27-51)28-52-11-5-13-59(60)33-52)25-22-56-12-6-14-61(44-87)66(56)40-72(86-2)67-37-63(75(80)68-41-74(89)95-76(67)68)43-83(80,91)85(73,93)77(90)71-38-58(48)17-20-70(78(82)94-65)84(71,81)92/h3-14,27,29,33,41,47-48,54-55,57-58,60,62-65,67,69-73,75-78,86-87,90-93H,15-21,23-24,26,28,30-32,34-40,42-46H2,1-2H3/t48-,54+,55+,57-,58+,60-,62+,63-,64-,65-,67+,69+,70-,71+,72+,73-,75-,76+,77+,78-,79+,80+,81+,82+,83-,84-,85-/m1/s1. The normalized spacial score (nSPS) is 48.3. The fourth-order valence-electron chi connectivity index (χ4n) is 28.7. The molecule has 11 fully saturated rings. The third-order valence-electron chi connectivity index (χ3n) is 32.0. The van der Waals surface area contributed by atoms with Crippen LogP contribution in [0.1, 0.15) is 191 Å². The minimum atomic E-state index is -2.26. The number of benzene rings is 4. The van der Waals surface area contributed by atoms with Crippen LogP contribution in [-0.4, -0.2) is 92.1 Å². The van der Waals surface area contributed by atoms with Gasteiger partial charge in [-0.15, -0.1) is 0 Å². The average Bonchev–Trinajstić information content (AvgIpc) is 1.61. The van der Waals surface area contributed by atoms with E-state index in [0.717, 1.165) is 119 Å². The number of rotatable bonds is 3. The molecule has 95 heavy (non-hydrogen) atoms. The van der Waals surface area contributed by atoms with E-state index in [4.69, 9.17) is 9.47 Å². The molecule has 10 nitrogen and oxygen atoms in total. The predicted molar refractivity (Wildman–Crippen MR) is 362 cm³/mol. The summed E-state index contributed by atoms with van der Waals surface area (Å²) < 4.78 is 14.8. The van der Waals surface area contributed by atoms with Crippen LogP contribution in [0.5, 0.6) is 0 Å². The van der Waals surface area contributed by atoms with Crippen LogP contribution < -0.4 is 5.32 Å². The van der Waals surface area contributed by atoms with Gasteiger partial charge in [0.25, 0.3) is 0 Å². The van der Waals surface area contributed by atoms with Crippen molar-refractivity contribution >= 4 is 12.3 Å². The number of nitrogens with one attached hydrogen (secondary N) is 1. The maximum atomic E-state index is 16.3. The predicted octanol–water partition coefficient (Wildman–Crippen LogP) is 12.3. The Balaban J connectivity index is 0.852. The van der Waals surface area contributed by atoms with Crippen molar-refractivity contribution in [2.45, 2.75) is 227 Å². The lowest BCUT2D eigenvalue weighted by atomic mass is 9.31. The van der Waals surface area contributed by atoms with E-state index >= 15 is 20.1 Å². The number of likely N-dealkylation sites (N-methyl/N-ethyl adjacent to an activating group) is 1. The Kier molecular flexibility index (Phi) is 14.0. The summed E-state index contributed by atoms with van der Waals surface area (Å²) in [5, 5.41) is 76.9. The molecule has 1 saturated heterocycles. The van der Waals surface area contributed by atoms with E-state index in [2.05, 4.69) is 103 Å². The minimum absolute atomic E-state index is 0.0876. The summed E-state index contributed by atoms with van der Waals surface area (Å²) in [6, 6.07) is 34.1. The molecule has 25 bridgehead atoms. The highest BCUT2D eigenvalue weighted by molar-refractivity contribution is 5.86. The Labute approximate surface area is 562 Å². The van der Waals surface area contributed by atoms with Crippen LogP contribution in [0.15, 0.2) is 103 Å². The fraction of sp³-hybridized carbons (Fsp3) is 0.647. The summed E-state index contributed by atoms with van der Waals surface area (Å²) in [7, 11) is 1.98. The molecule has 3 aliphatic heterocycles. The quantitative estimate of drug-likeness (QED) is 0.0661. The molecule has 3 heterocycles. The zero-order valence-electron chi connectivity index (χ0n) is 56.1. The molecule has 6 N–H and O–H groups in total. The molecule has 4 aromatic carbocycles. The third kappa shape index (κ3) is 8.48. The molecule has 0 unspecified atom stereocenters. The molecule has 0 radical (unpaired) electrons. The smallest absolute Gasteiger partial charge is 0.331 e. The van der Waals surface area contributed by atoms with E-state index in [-0.39, 0.29) is 78.7 Å². The van der Waals surface area contributed by atoms with Gasteiger partial charge >= 0.3 is 5.97 Å². The number of aliphatic hydroxyl groups excluding tert-OH is 2. The van der Waals surface area contributed by atoms with Crippen LogP contribution in [0.4, 0.5) is 0 Å². The Morgan fingerprint density at radius 2 is 1.43 bits per heavy atom. The van der Waals surface area contributed by atoms with Gasteiger partial charge < -0.3 is 45.1 Å². The number of hydrogen-bond acceptors (Lipinski definition) is 10. The van der Waals surface area contributed by atoms with Crippen LogP contribution in [0.25, 0.3) is 0 Å². The zero-order chi connectivity index (χ0) is 64.3. The van der Waals surface area contributed by atoms with Crippen molar-refractivity contribution in [3.63, 3.8) is 0 Å². The van der Waals surface area contributed by atoms with Crippen LogP contribution in [0.2, 0.25) is 0 Å². The van der Waals surface area contributed by atoms with Gasteiger partial charge in [0.05, 0.1) is 35.9 Å². The fourth-order valence-corrected chi connectivity index (χ4v) is 28.7. The van der Waals surface area contributed by atoms with Gasteiger partial charge in [-0.1, -0.05) is 104 Å². The van der Waals surface area contributed by atoms with E-state index in [0.29, 0.717) is 75.0 Å². The summed E-state index contributed by atoms with van der Waals surface area (Å²) in [6.07, 6.45) is 19.5. The van der Waals surface area contributed by atoms with E-state index < -0.39 is 74.3 Å². The van der Waals surface area contributed by atoms with Crippen LogP contribution in [-0.2, 0) is 57.8 Å². The highest BCUT2D eigenvalue weighted by Gasteiger charge is 2.88. The Bertz CT molecular complexity index is 3880. The van der Waals surface area contributed by atoms with E-state index in [1.54, 1.807) is 6.08 Å². The van der Waals surface area contributed by atoms with Crippen LogP contribution in [0.3, 0.4) is 0 Å². The van der Waals surface area contributed by atoms with E-state index in [9.17, 15) is 15.0 Å². The topological polar surface area (TPSA) is 166 Å². The molecule has 15 aliphatic carbocycles. The maximum absolute atomic E-state index is 16.3. The van der Waals surface area contributed by atoms with Crippen molar-refractivity contribution in [3.8, 4) is 11.8 Å². The third-order valence-corrected chi connectivity index (χ3v) is 32.0. The second kappa shape index (κ2) is 21.8. The van der Waals surface area contributed by atoms with Crippen LogP contribution in [0, 0.1) is 116 Å². The van der Waals surface area contributed by atoms with Gasteiger partial charge in [0.15, 0.2) is 0 Å². The summed E-state index contributed by atoms with van der Waals surface area (Å²) in [5.74, 6) is 7.11. The first-order valence-electron chi connectivity index (χ1n) is 38.1. The van der Waals surface area contributed by atoms with Crippen molar-refractivity contribution in [1.82, 2.24) is 5.32 Å². The number of fused-ring (bicyclic) bond motifs is 8. The van der Waals surface area contributed by atoms with Crippen molar-refractivity contribution < 1.29 is 44.6 Å². The molecule has 27 atom stereocenters. The van der Waals surface area contributed by atoms with Crippen molar-refractivity contribution in [2.24, 2.45) is 105 Å². The Morgan fingerprint density at radius 3 is 2.25 bits per heavy atom. The first-order valence-corrected chi connectivity index (χ1v) is 38.1. The van der Waals surface area contributed by atoms with Gasteiger partial charge in [0.1, 0.15) is 23.6 Å². The molecule has 10 saturated carbocycles. The van der Waals surface area contributed by atoms with Gasteiger partial charge in [0.2, 0.25) is 0 Å². The lowest BCUT2D eigenvalue weighted by Crippen LogP contribution is -2.87. The van der Waals surface area contributed by atoms with Gasteiger partial charge in [-0.3, -0.25) is 0 Å². The average molecular weight is 1280 g/mol. The molecule has 500 valence electrons. The molecule has 3 spiro atoms. The highest BCUT2D eigenvalue weighted by atomic mass is 16.5. The van der Waals surface area contributed by atoms with Gasteiger partial charge in [-0.2, -0.15) is 0 Å². The molecule has 22 rings (SSSR count). The highest BCUT2D eigenvalue weighted by Crippen LogP contribution is 2.82. The number of aliphatic hydroxyl groups is 5. The second-order valence-corrected chi connectivity index (χ2v) is 35.5. The molecule has 0 amide bonds. The Morgan fingerprint density at radius 1 is 0.684 bits per heavy atom. The van der Waals surface area contributed by atoms with Crippen molar-refractivity contribution in [2.75, 3.05) is 7.05 Å². The molecule has 4 aromatic rings. The SMILES string of the molecule is CN[C@H]1Cc2c(cccc2CO)C#C[C@]23CC[C@@H](Cc4cccc(c4)Cc4cccc(c4)[C@@H]4CC[C@H]5[C@@H](C4)C[C@@H]4C[C@H]6Cc7cccc(c7)C[C@@H]7CC[C@H](C7)[C@@H](C)[C@H]7CC[C@@H]8[C@@H](O6)[C@@]45C[C@]4(C=O)[C@H]5CC[C@]6(C2)[C@H]2C9=CC(=O)O[C@H]9[C@H]1C[C@@H]2C[C@]6(O)[C@]5(O)[C@@H](O)[C@H](C7)[C@]84O)C3. The number of esters is 1. The summed E-state index contributed by atoms with van der Waals surface area (Å²) in [6.45, 7) is 2.32. The van der Waals surface area contributed by atoms with Crippen molar-refractivity contribution in [1.29, 1.82) is 0 Å². The summed E-state index contributed by atoms with van der Waals surface area (Å²) in [5.41, 5.74) is 1.79. The molecular formula is C85H101NO9. The van der Waals surface area contributed by atoms with Gasteiger partial charge in [0, 0.05) is 57.6 Å². The number of hydrogen-bond donors (Lipinski definition) is 6. The first-order chi connectivity index (χ1) is 46.0. The largest absolute Gasteiger partial charge is 0.454 e. The Hall–Kier alpha value is -4.96. The van der Waals surface area contributed by atoms with Crippen LogP contribution >= 0.6 is 0 Å². The summed E-state index contributed by atoms with van der Waals surface area (Å²) >= 11 is 0. The zero-order valence-corrected chi connectivity index (χ0v) is 56.1. The van der Waals surface area contributed by atoms with Gasteiger partial charge in [-0.25, -0.2) is 4.79 Å². The number of carbonyl (C=O) groups excluding carboxylic acids is 2. The molecule has 0 aromatic heterocycles. The van der Waals surface area contributed by atoms with E-state index in [1.165, 1.54) is 46.1 Å². The maximum Gasteiger partial charge on any atom is 0.331 e. The molecule has 18 aliphatic rings. The molecular weight excluding hydrogens is 1180 g/mol. The first kappa shape index (κ1) is 61.2. The number of aldehydes is 1. The lowest BCUT2D eigenvalue weighted by Gasteiger charge is -2.76. The van der Waals surface area contributed by atoms with Crippen molar-refractivity contribution in [3.05, 3.63) is 153 Å². The number of ether oxygens (including phenoxy) is 2. The minimum Gasteiger partial charge on any atom is -0.454 e.